The number of nitrogens with one attached hydrogen (secondary N) is 1. The van der Waals surface area contributed by atoms with Crippen LogP contribution in [0, 0.1) is 11.8 Å². The molecule has 1 saturated heterocycles. The van der Waals surface area contributed by atoms with Gasteiger partial charge >= 0.3 is 5.69 Å². The first-order chi connectivity index (χ1) is 15.8. The highest BCUT2D eigenvalue weighted by atomic mass is 28.4. The summed E-state index contributed by atoms with van der Waals surface area (Å²) >= 11 is 0. The normalized spacial score (nSPS) is 23.8. The van der Waals surface area contributed by atoms with Gasteiger partial charge in [0.15, 0.2) is 22.9 Å². The van der Waals surface area contributed by atoms with Crippen LogP contribution in [0.2, 0.25) is 36.3 Å². The van der Waals surface area contributed by atoms with Gasteiger partial charge in [-0.3, -0.25) is 14.3 Å². The largest absolute Gasteiger partial charge is 0.409 e. The zero-order valence-electron chi connectivity index (χ0n) is 23.8. The second-order valence-electron chi connectivity index (χ2n) is 12.7. The molecular formula is C26H46N2O5Si2. The minimum absolute atomic E-state index is 0.00316. The number of aromatic nitrogens is 2. The van der Waals surface area contributed by atoms with E-state index in [0.29, 0.717) is 6.42 Å². The first-order valence-electron chi connectivity index (χ1n) is 12.7. The van der Waals surface area contributed by atoms with Gasteiger partial charge in [0.1, 0.15) is 17.8 Å². The SMILES string of the molecule is CCCC#Cc1cn([C@@H]2O[C@H](C)[C@@H](O[Si](C)(C)C(C)(C)C)[C@H]2O[Si](C)(C)C(C)(C)C)c(=O)[nH]c1=O. The molecule has 1 N–H and O–H groups in total. The third-order valence-corrected chi connectivity index (χ3v) is 16.7. The Bertz CT molecular complexity index is 1070. The summed E-state index contributed by atoms with van der Waals surface area (Å²) in [5, 5.41) is -0.0408. The molecule has 0 unspecified atom stereocenters. The second-order valence-corrected chi connectivity index (χ2v) is 22.2. The van der Waals surface area contributed by atoms with Gasteiger partial charge in [-0.15, -0.1) is 0 Å². The van der Waals surface area contributed by atoms with E-state index in [1.165, 1.54) is 10.8 Å². The van der Waals surface area contributed by atoms with Crippen LogP contribution in [0.1, 0.15) is 80.0 Å². The van der Waals surface area contributed by atoms with Crippen LogP contribution in [0.3, 0.4) is 0 Å². The van der Waals surface area contributed by atoms with Gasteiger partial charge in [-0.05, 0) is 49.6 Å². The van der Waals surface area contributed by atoms with Crippen molar-refractivity contribution in [3.05, 3.63) is 32.6 Å². The zero-order valence-corrected chi connectivity index (χ0v) is 25.8. The van der Waals surface area contributed by atoms with Crippen LogP contribution in [0.15, 0.2) is 15.8 Å². The molecule has 9 heteroatoms. The van der Waals surface area contributed by atoms with Gasteiger partial charge in [-0.25, -0.2) is 4.79 Å². The van der Waals surface area contributed by atoms with Crippen LogP contribution in [-0.2, 0) is 13.6 Å². The van der Waals surface area contributed by atoms with Crippen LogP contribution >= 0.6 is 0 Å². The first kappa shape index (κ1) is 29.8. The summed E-state index contributed by atoms with van der Waals surface area (Å²) in [5.74, 6) is 5.90. The van der Waals surface area contributed by atoms with E-state index < -0.39 is 40.2 Å². The van der Waals surface area contributed by atoms with Gasteiger partial charge in [-0.2, -0.15) is 0 Å². The van der Waals surface area contributed by atoms with E-state index in [9.17, 15) is 9.59 Å². The summed E-state index contributed by atoms with van der Waals surface area (Å²) in [7, 11) is -4.44. The molecule has 0 bridgehead atoms. The molecule has 0 aromatic carbocycles. The molecule has 4 atom stereocenters. The highest BCUT2D eigenvalue weighted by Gasteiger charge is 2.53. The predicted octanol–water partition coefficient (Wildman–Crippen LogP) is 5.39. The summed E-state index contributed by atoms with van der Waals surface area (Å²) in [4.78, 5) is 27.8. The topological polar surface area (TPSA) is 82.6 Å². The van der Waals surface area contributed by atoms with E-state index >= 15 is 0 Å². The van der Waals surface area contributed by atoms with Crippen LogP contribution in [0.25, 0.3) is 0 Å². The second kappa shape index (κ2) is 10.5. The van der Waals surface area contributed by atoms with Crippen LogP contribution in [-0.4, -0.2) is 44.5 Å². The minimum Gasteiger partial charge on any atom is -0.409 e. The van der Waals surface area contributed by atoms with Gasteiger partial charge in [0, 0.05) is 12.6 Å². The van der Waals surface area contributed by atoms with Gasteiger partial charge < -0.3 is 13.6 Å². The van der Waals surface area contributed by atoms with Crippen molar-refractivity contribution in [1.29, 1.82) is 0 Å². The Morgan fingerprint density at radius 2 is 1.51 bits per heavy atom. The van der Waals surface area contributed by atoms with Crippen molar-refractivity contribution in [3.63, 3.8) is 0 Å². The smallest absolute Gasteiger partial charge is 0.330 e. The molecule has 198 valence electrons. The Morgan fingerprint density at radius 1 is 1.00 bits per heavy atom. The number of rotatable bonds is 6. The van der Waals surface area contributed by atoms with Crippen molar-refractivity contribution in [2.75, 3.05) is 0 Å². The number of ether oxygens (including phenoxy) is 1. The molecule has 0 amide bonds. The quantitative estimate of drug-likeness (QED) is 0.400. The Morgan fingerprint density at radius 3 is 2.00 bits per heavy atom. The number of unbranched alkanes of at least 4 members (excludes halogenated alkanes) is 1. The summed E-state index contributed by atoms with van der Waals surface area (Å²) in [5.41, 5.74) is -0.781. The predicted molar refractivity (Wildman–Crippen MR) is 147 cm³/mol. The molecule has 1 fully saturated rings. The van der Waals surface area contributed by atoms with Crippen molar-refractivity contribution in [1.82, 2.24) is 9.55 Å². The van der Waals surface area contributed by atoms with Crippen LogP contribution in [0.4, 0.5) is 0 Å². The molecule has 2 rings (SSSR count). The third-order valence-electron chi connectivity index (χ3n) is 7.74. The van der Waals surface area contributed by atoms with Crippen LogP contribution in [0.5, 0.6) is 0 Å². The standard InChI is InChI=1S/C26H46N2O5Si2/c1-13-14-15-16-19-17-28(24(30)27-22(19)29)23-21(33-35(11,12)26(6,7)8)20(18(2)31-23)32-34(9,10)25(3,4)5/h17-18,20-21,23H,13-14H2,1-12H3,(H,27,29,30)/t18-,20-,21-,23-/m1/s1. The fourth-order valence-corrected chi connectivity index (χ4v) is 6.04. The average Bonchev–Trinajstić information content (AvgIpc) is 2.96. The maximum Gasteiger partial charge on any atom is 0.330 e. The lowest BCUT2D eigenvalue weighted by atomic mass is 10.1. The number of nitrogens with zero attached hydrogens (tertiary/aromatic N) is 1. The van der Waals surface area contributed by atoms with Gasteiger partial charge in [0.25, 0.3) is 5.56 Å². The highest BCUT2D eigenvalue weighted by molar-refractivity contribution is 6.74. The Hall–Kier alpha value is -1.45. The van der Waals surface area contributed by atoms with Crippen LogP contribution < -0.4 is 11.2 Å². The van der Waals surface area contributed by atoms with Gasteiger partial charge in [0.2, 0.25) is 0 Å². The molecule has 2 heterocycles. The molecule has 1 aromatic heterocycles. The zero-order chi connectivity index (χ0) is 27.0. The molecule has 1 aliphatic rings. The monoisotopic (exact) mass is 522 g/mol. The molecule has 7 nitrogen and oxygen atoms in total. The number of hydrogen-bond acceptors (Lipinski definition) is 5. The van der Waals surface area contributed by atoms with E-state index in [1.807, 2.05) is 13.8 Å². The Balaban J connectivity index is 2.62. The molecule has 0 aliphatic carbocycles. The summed E-state index contributed by atoms with van der Waals surface area (Å²) in [6, 6.07) is 0. The van der Waals surface area contributed by atoms with E-state index in [-0.39, 0.29) is 27.8 Å². The molecule has 35 heavy (non-hydrogen) atoms. The Kier molecular flexibility index (Phi) is 8.94. The summed E-state index contributed by atoms with van der Waals surface area (Å²) in [6.45, 7) is 26.0. The van der Waals surface area contributed by atoms with E-state index in [2.05, 4.69) is 84.6 Å². The molecule has 1 aliphatic heterocycles. The van der Waals surface area contributed by atoms with Crippen molar-refractivity contribution in [2.45, 2.75) is 129 Å². The van der Waals surface area contributed by atoms with Crippen molar-refractivity contribution in [2.24, 2.45) is 0 Å². The van der Waals surface area contributed by atoms with Crippen molar-refractivity contribution >= 4 is 16.6 Å². The van der Waals surface area contributed by atoms with Crippen molar-refractivity contribution < 1.29 is 13.6 Å². The summed E-state index contributed by atoms with van der Waals surface area (Å²) < 4.78 is 21.6. The third kappa shape index (κ3) is 6.66. The summed E-state index contributed by atoms with van der Waals surface area (Å²) in [6.07, 6.45) is 1.21. The molecular weight excluding hydrogens is 476 g/mol. The van der Waals surface area contributed by atoms with Gasteiger partial charge in [0.05, 0.1) is 6.10 Å². The fourth-order valence-electron chi connectivity index (χ4n) is 3.40. The van der Waals surface area contributed by atoms with E-state index in [4.69, 9.17) is 13.6 Å². The molecule has 1 aromatic rings. The fraction of sp³-hybridized carbons (Fsp3) is 0.769. The number of H-pyrrole nitrogens is 1. The number of hydrogen-bond donors (Lipinski definition) is 1. The van der Waals surface area contributed by atoms with Crippen molar-refractivity contribution in [3.8, 4) is 11.8 Å². The lowest BCUT2D eigenvalue weighted by Crippen LogP contribution is -2.53. The molecule has 0 spiro atoms. The lowest BCUT2D eigenvalue weighted by molar-refractivity contribution is -0.0312. The average molecular weight is 523 g/mol. The molecule has 0 radical (unpaired) electrons. The lowest BCUT2D eigenvalue weighted by Gasteiger charge is -2.44. The maximum absolute atomic E-state index is 13.0. The molecule has 0 saturated carbocycles. The van der Waals surface area contributed by atoms with Gasteiger partial charge in [-0.1, -0.05) is 60.3 Å². The minimum atomic E-state index is -2.26. The van der Waals surface area contributed by atoms with E-state index in [0.717, 1.165) is 6.42 Å². The maximum atomic E-state index is 13.0. The number of aromatic amines is 1. The Labute approximate surface area is 213 Å². The first-order valence-corrected chi connectivity index (χ1v) is 18.5. The highest BCUT2D eigenvalue weighted by Crippen LogP contribution is 2.45. The van der Waals surface area contributed by atoms with E-state index in [1.54, 1.807) is 0 Å².